The molecule has 0 unspecified atom stereocenters. The number of fused-ring (bicyclic) bond motifs is 1. The molecule has 4 rings (SSSR count). The van der Waals surface area contributed by atoms with Crippen molar-refractivity contribution in [3.63, 3.8) is 0 Å². The average Bonchev–Trinajstić information content (AvgIpc) is 3.25. The van der Waals surface area contributed by atoms with E-state index < -0.39 is 0 Å². The molecule has 1 saturated heterocycles. The molecule has 1 fully saturated rings. The first-order chi connectivity index (χ1) is 13.8. The van der Waals surface area contributed by atoms with Crippen molar-refractivity contribution >= 4 is 11.5 Å². The van der Waals surface area contributed by atoms with Gasteiger partial charge in [-0.05, 0) is 13.1 Å². The molecule has 0 atom stereocenters. The fraction of sp³-hybridized carbons (Fsp3) is 0.455. The van der Waals surface area contributed by atoms with Crippen molar-refractivity contribution in [2.24, 2.45) is 0 Å². The van der Waals surface area contributed by atoms with E-state index in [9.17, 15) is 0 Å². The molecular weight excluding hydrogens is 348 g/mol. The first-order valence-electron chi connectivity index (χ1n) is 10.4. The van der Waals surface area contributed by atoms with Gasteiger partial charge in [0.1, 0.15) is 0 Å². The van der Waals surface area contributed by atoms with Gasteiger partial charge in [-0.1, -0.05) is 44.2 Å². The number of benzene rings is 1. The van der Waals surface area contributed by atoms with Gasteiger partial charge in [-0.25, -0.2) is 9.97 Å². The number of nitrogens with zero attached hydrogens (tertiary/aromatic N) is 6. The highest BCUT2D eigenvalue weighted by Crippen LogP contribution is 2.25. The lowest BCUT2D eigenvalue weighted by Crippen LogP contribution is -2.48. The molecule has 0 radical (unpaired) electrons. The van der Waals surface area contributed by atoms with E-state index in [-0.39, 0.29) is 0 Å². The summed E-state index contributed by atoms with van der Waals surface area (Å²) < 4.78 is 2.16. The number of hydrogen-bond donors (Lipinski definition) is 0. The van der Waals surface area contributed by atoms with Crippen molar-refractivity contribution in [1.82, 2.24) is 24.2 Å². The Balaban J connectivity index is 1.47. The number of piperazine rings is 1. The van der Waals surface area contributed by atoms with Crippen molar-refractivity contribution in [2.75, 3.05) is 57.3 Å². The average molecular weight is 379 g/mol. The third-order valence-electron chi connectivity index (χ3n) is 5.78. The van der Waals surface area contributed by atoms with E-state index in [4.69, 9.17) is 4.98 Å². The Hall–Kier alpha value is -2.44. The summed E-state index contributed by atoms with van der Waals surface area (Å²) in [6, 6.07) is 10.4. The third kappa shape index (κ3) is 3.88. The summed E-state index contributed by atoms with van der Waals surface area (Å²) in [6.07, 6.45) is 5.88. The zero-order valence-corrected chi connectivity index (χ0v) is 17.0. The zero-order valence-electron chi connectivity index (χ0n) is 17.0. The van der Waals surface area contributed by atoms with Gasteiger partial charge in [-0.15, -0.1) is 0 Å². The van der Waals surface area contributed by atoms with Gasteiger partial charge in [0, 0.05) is 57.2 Å². The van der Waals surface area contributed by atoms with Crippen LogP contribution in [0, 0.1) is 0 Å². The summed E-state index contributed by atoms with van der Waals surface area (Å²) in [5.74, 6) is 0.994. The van der Waals surface area contributed by atoms with Crippen molar-refractivity contribution in [1.29, 1.82) is 0 Å². The number of hydrogen-bond acceptors (Lipinski definition) is 5. The molecular formula is C22H30N6. The van der Waals surface area contributed by atoms with Crippen LogP contribution in [0.25, 0.3) is 16.9 Å². The molecule has 0 spiro atoms. The Morgan fingerprint density at radius 3 is 2.43 bits per heavy atom. The van der Waals surface area contributed by atoms with E-state index in [1.807, 2.05) is 24.7 Å². The highest BCUT2D eigenvalue weighted by atomic mass is 15.3. The molecule has 1 aliphatic rings. The Labute approximate surface area is 167 Å². The minimum Gasteiger partial charge on any atom is -0.351 e. The van der Waals surface area contributed by atoms with Crippen LogP contribution in [0.4, 0.5) is 5.82 Å². The molecule has 0 saturated carbocycles. The monoisotopic (exact) mass is 378 g/mol. The van der Waals surface area contributed by atoms with E-state index in [2.05, 4.69) is 62.2 Å². The molecule has 0 N–H and O–H groups in total. The SMILES string of the molecule is CCN(CC)CCN1CCN(c2ncc(-c3ccccc3)n3ccnc23)CC1. The fourth-order valence-corrected chi connectivity index (χ4v) is 3.96. The number of rotatable bonds is 7. The molecule has 0 bridgehead atoms. The topological polar surface area (TPSA) is 39.9 Å². The summed E-state index contributed by atoms with van der Waals surface area (Å²) >= 11 is 0. The maximum Gasteiger partial charge on any atom is 0.180 e. The molecule has 28 heavy (non-hydrogen) atoms. The molecule has 1 aliphatic heterocycles. The number of imidazole rings is 1. The van der Waals surface area contributed by atoms with Gasteiger partial charge in [0.05, 0.1) is 11.9 Å². The predicted molar refractivity (Wildman–Crippen MR) is 115 cm³/mol. The molecule has 3 heterocycles. The number of anilines is 1. The summed E-state index contributed by atoms with van der Waals surface area (Å²) in [4.78, 5) is 16.9. The second kappa shape index (κ2) is 8.71. The maximum atomic E-state index is 4.82. The van der Waals surface area contributed by atoms with Crippen molar-refractivity contribution < 1.29 is 0 Å². The van der Waals surface area contributed by atoms with Crippen molar-refractivity contribution in [3.8, 4) is 11.3 Å². The highest BCUT2D eigenvalue weighted by Gasteiger charge is 2.21. The van der Waals surface area contributed by atoms with Gasteiger partial charge < -0.3 is 9.80 Å². The molecule has 6 heteroatoms. The Morgan fingerprint density at radius 2 is 1.71 bits per heavy atom. The summed E-state index contributed by atoms with van der Waals surface area (Å²) in [5.41, 5.74) is 3.18. The second-order valence-corrected chi connectivity index (χ2v) is 7.31. The summed E-state index contributed by atoms with van der Waals surface area (Å²) in [5, 5.41) is 0. The summed E-state index contributed by atoms with van der Waals surface area (Å²) in [6.45, 7) is 13.2. The van der Waals surface area contributed by atoms with Crippen LogP contribution in [0.1, 0.15) is 13.8 Å². The molecule has 148 valence electrons. The predicted octanol–water partition coefficient (Wildman–Crippen LogP) is 2.86. The van der Waals surface area contributed by atoms with Crippen LogP contribution in [0.3, 0.4) is 0 Å². The van der Waals surface area contributed by atoms with Crippen LogP contribution in [-0.4, -0.2) is 76.5 Å². The van der Waals surface area contributed by atoms with Crippen LogP contribution >= 0.6 is 0 Å². The Kier molecular flexibility index (Phi) is 5.88. The normalized spacial score (nSPS) is 15.6. The van der Waals surface area contributed by atoms with E-state index >= 15 is 0 Å². The summed E-state index contributed by atoms with van der Waals surface area (Å²) in [7, 11) is 0. The van der Waals surface area contributed by atoms with Crippen molar-refractivity contribution in [3.05, 3.63) is 48.9 Å². The lowest BCUT2D eigenvalue weighted by molar-refractivity contribution is 0.206. The lowest BCUT2D eigenvalue weighted by atomic mass is 10.1. The van der Waals surface area contributed by atoms with Crippen LogP contribution in [0.5, 0.6) is 0 Å². The van der Waals surface area contributed by atoms with Gasteiger partial charge in [0.25, 0.3) is 0 Å². The third-order valence-corrected chi connectivity index (χ3v) is 5.78. The lowest BCUT2D eigenvalue weighted by Gasteiger charge is -2.36. The van der Waals surface area contributed by atoms with E-state index in [1.165, 1.54) is 0 Å². The van der Waals surface area contributed by atoms with E-state index in [1.54, 1.807) is 0 Å². The van der Waals surface area contributed by atoms with Gasteiger partial charge in [-0.3, -0.25) is 9.30 Å². The highest BCUT2D eigenvalue weighted by molar-refractivity contribution is 5.71. The minimum absolute atomic E-state index is 0.943. The standard InChI is InChI=1S/C22H30N6/c1-3-25(4-2)12-13-26-14-16-27(17-15-26)21-22-23-10-11-28(22)20(18-24-21)19-8-6-5-7-9-19/h5-11,18H,3-4,12-17H2,1-2H3. The van der Waals surface area contributed by atoms with E-state index in [0.717, 1.165) is 75.1 Å². The van der Waals surface area contributed by atoms with Crippen LogP contribution in [-0.2, 0) is 0 Å². The minimum atomic E-state index is 0.943. The van der Waals surface area contributed by atoms with Crippen molar-refractivity contribution in [2.45, 2.75) is 13.8 Å². The van der Waals surface area contributed by atoms with Gasteiger partial charge >= 0.3 is 0 Å². The second-order valence-electron chi connectivity index (χ2n) is 7.31. The largest absolute Gasteiger partial charge is 0.351 e. The smallest absolute Gasteiger partial charge is 0.180 e. The van der Waals surface area contributed by atoms with E-state index in [0.29, 0.717) is 0 Å². The molecule has 0 amide bonds. The molecule has 1 aromatic carbocycles. The number of likely N-dealkylation sites (N-methyl/N-ethyl adjacent to an activating group) is 1. The molecule has 3 aromatic rings. The first-order valence-corrected chi connectivity index (χ1v) is 10.4. The van der Waals surface area contributed by atoms with Crippen LogP contribution in [0.2, 0.25) is 0 Å². The molecule has 2 aromatic heterocycles. The Morgan fingerprint density at radius 1 is 0.964 bits per heavy atom. The van der Waals surface area contributed by atoms with Gasteiger partial charge in [0.15, 0.2) is 11.5 Å². The van der Waals surface area contributed by atoms with Gasteiger partial charge in [-0.2, -0.15) is 0 Å². The fourth-order valence-electron chi connectivity index (χ4n) is 3.96. The Bertz CT molecular complexity index is 878. The van der Waals surface area contributed by atoms with Crippen LogP contribution in [0.15, 0.2) is 48.9 Å². The molecule has 0 aliphatic carbocycles. The van der Waals surface area contributed by atoms with Crippen LogP contribution < -0.4 is 4.90 Å². The zero-order chi connectivity index (χ0) is 19.3. The maximum absolute atomic E-state index is 4.82. The molecule has 6 nitrogen and oxygen atoms in total. The van der Waals surface area contributed by atoms with Gasteiger partial charge in [0.2, 0.25) is 0 Å². The first kappa shape index (κ1) is 18.9. The quantitative estimate of drug-likeness (QED) is 0.632. The number of aromatic nitrogens is 3.